The topological polar surface area (TPSA) is 105 Å². The second kappa shape index (κ2) is 4.48. The number of thiophene rings is 1. The summed E-state index contributed by atoms with van der Waals surface area (Å²) in [6.45, 7) is 0.738. The molecule has 2 saturated heterocycles. The summed E-state index contributed by atoms with van der Waals surface area (Å²) in [5, 5.41) is 6.63. The normalized spacial score (nSPS) is 25.7. The van der Waals surface area contributed by atoms with Crippen LogP contribution in [0.5, 0.6) is 0 Å². The van der Waals surface area contributed by atoms with Crippen LogP contribution in [0.25, 0.3) is 0 Å². The van der Waals surface area contributed by atoms with Gasteiger partial charge >= 0.3 is 6.03 Å². The Balaban J connectivity index is 1.82. The highest BCUT2D eigenvalue weighted by Gasteiger charge is 2.49. The minimum atomic E-state index is -0.989. The van der Waals surface area contributed by atoms with Crippen LogP contribution in [0.4, 0.5) is 10.5 Å². The Kier molecular flexibility index (Phi) is 2.89. The number of hydrogen-bond donors (Lipinski definition) is 3. The lowest BCUT2D eigenvalue weighted by Gasteiger charge is -2.37. The molecule has 2 fully saturated rings. The van der Waals surface area contributed by atoms with Crippen molar-refractivity contribution in [1.82, 2.24) is 15.5 Å². The fourth-order valence-electron chi connectivity index (χ4n) is 2.68. The Morgan fingerprint density at radius 1 is 1.45 bits per heavy atom. The predicted octanol–water partition coefficient (Wildman–Crippen LogP) is 0.145. The van der Waals surface area contributed by atoms with Crippen molar-refractivity contribution in [2.75, 3.05) is 18.8 Å². The molecule has 3 heterocycles. The van der Waals surface area contributed by atoms with Gasteiger partial charge in [0.1, 0.15) is 10.4 Å². The Labute approximate surface area is 119 Å². The van der Waals surface area contributed by atoms with Gasteiger partial charge in [-0.1, -0.05) is 0 Å². The number of rotatable bonds is 1. The van der Waals surface area contributed by atoms with Crippen LogP contribution < -0.4 is 16.4 Å². The van der Waals surface area contributed by atoms with E-state index in [0.717, 1.165) is 0 Å². The second-order valence-electron chi connectivity index (χ2n) is 5.03. The fraction of sp³-hybridized carbons (Fsp3) is 0.417. The molecule has 2 aliphatic rings. The maximum Gasteiger partial charge on any atom is 0.322 e. The van der Waals surface area contributed by atoms with E-state index < -0.39 is 11.6 Å². The first-order valence-electron chi connectivity index (χ1n) is 6.28. The number of nitrogens with two attached hydrogens (primary N) is 1. The summed E-state index contributed by atoms with van der Waals surface area (Å²) in [6, 6.07) is 1.18. The predicted molar refractivity (Wildman–Crippen MR) is 73.3 cm³/mol. The van der Waals surface area contributed by atoms with Crippen LogP contribution >= 0.6 is 11.3 Å². The number of nitrogen functional groups attached to an aromatic ring is 1. The Morgan fingerprint density at radius 2 is 2.25 bits per heavy atom. The number of carbonyl (C=O) groups excluding carboxylic acids is 3. The molecule has 0 saturated carbocycles. The molecule has 1 aromatic heterocycles. The van der Waals surface area contributed by atoms with Gasteiger partial charge in [0.15, 0.2) is 0 Å². The van der Waals surface area contributed by atoms with E-state index in [9.17, 15) is 14.4 Å². The molecule has 0 aromatic carbocycles. The molecular weight excluding hydrogens is 280 g/mol. The molecule has 106 valence electrons. The highest BCUT2D eigenvalue weighted by atomic mass is 32.1. The first kappa shape index (κ1) is 12.9. The van der Waals surface area contributed by atoms with Crippen molar-refractivity contribution in [2.24, 2.45) is 0 Å². The van der Waals surface area contributed by atoms with Crippen LogP contribution in [0.3, 0.4) is 0 Å². The number of urea groups is 1. The molecule has 3 rings (SSSR count). The number of nitrogens with zero attached hydrogens (tertiary/aromatic N) is 1. The number of likely N-dealkylation sites (tertiary alicyclic amines) is 1. The zero-order valence-electron chi connectivity index (χ0n) is 10.6. The van der Waals surface area contributed by atoms with Gasteiger partial charge in [0.25, 0.3) is 11.8 Å². The van der Waals surface area contributed by atoms with Gasteiger partial charge in [-0.25, -0.2) is 4.79 Å². The summed E-state index contributed by atoms with van der Waals surface area (Å²) in [6.07, 6.45) is 1.19. The third-order valence-corrected chi connectivity index (χ3v) is 4.60. The largest absolute Gasteiger partial charge is 0.397 e. The molecule has 4 amide bonds. The molecular formula is C12H14N4O3S. The number of imide groups is 1. The molecule has 0 aliphatic carbocycles. The zero-order chi connectivity index (χ0) is 14.3. The lowest BCUT2D eigenvalue weighted by Crippen LogP contribution is -2.59. The molecule has 8 heteroatoms. The molecule has 1 aromatic rings. The Bertz CT molecular complexity index is 599. The quantitative estimate of drug-likeness (QED) is 0.641. The molecule has 7 nitrogen and oxygen atoms in total. The van der Waals surface area contributed by atoms with E-state index in [4.69, 9.17) is 5.73 Å². The van der Waals surface area contributed by atoms with Gasteiger partial charge in [-0.2, -0.15) is 0 Å². The van der Waals surface area contributed by atoms with Gasteiger partial charge in [-0.15, -0.1) is 11.3 Å². The van der Waals surface area contributed by atoms with E-state index in [-0.39, 0.29) is 18.4 Å². The number of nitrogens with one attached hydrogen (secondary N) is 2. The van der Waals surface area contributed by atoms with E-state index in [1.54, 1.807) is 16.3 Å². The molecule has 20 heavy (non-hydrogen) atoms. The van der Waals surface area contributed by atoms with E-state index in [1.165, 1.54) is 11.3 Å². The minimum Gasteiger partial charge on any atom is -0.397 e. The summed E-state index contributed by atoms with van der Waals surface area (Å²) in [4.78, 5) is 37.7. The Morgan fingerprint density at radius 3 is 2.85 bits per heavy atom. The third-order valence-electron chi connectivity index (χ3n) is 3.68. The molecule has 2 aliphatic heterocycles. The average molecular weight is 294 g/mol. The summed E-state index contributed by atoms with van der Waals surface area (Å²) in [7, 11) is 0. The van der Waals surface area contributed by atoms with E-state index in [2.05, 4.69) is 10.6 Å². The van der Waals surface area contributed by atoms with Gasteiger partial charge in [-0.3, -0.25) is 14.9 Å². The first-order chi connectivity index (χ1) is 9.52. The van der Waals surface area contributed by atoms with Crippen molar-refractivity contribution < 1.29 is 14.4 Å². The van der Waals surface area contributed by atoms with Gasteiger partial charge in [-0.05, 0) is 24.3 Å². The lowest BCUT2D eigenvalue weighted by molar-refractivity contribution is -0.125. The lowest BCUT2D eigenvalue weighted by atomic mass is 9.89. The number of carbonyl (C=O) groups is 3. The summed E-state index contributed by atoms with van der Waals surface area (Å²) in [5.41, 5.74) is 5.21. The molecule has 0 bridgehead atoms. The number of anilines is 1. The monoisotopic (exact) mass is 294 g/mol. The number of piperidine rings is 1. The molecule has 4 N–H and O–H groups in total. The fourth-order valence-corrected chi connectivity index (χ4v) is 3.47. The van der Waals surface area contributed by atoms with Gasteiger partial charge < -0.3 is 16.0 Å². The van der Waals surface area contributed by atoms with Crippen LogP contribution in [-0.2, 0) is 4.79 Å². The SMILES string of the molecule is Nc1ccsc1C(=O)N1CCCC2(C1)NC(=O)NC2=O. The van der Waals surface area contributed by atoms with E-state index in [1.807, 2.05) is 0 Å². The number of amides is 4. The average Bonchev–Trinajstić information content (AvgIpc) is 2.94. The summed E-state index contributed by atoms with van der Waals surface area (Å²) >= 11 is 1.28. The van der Waals surface area contributed by atoms with Crippen LogP contribution in [-0.4, -0.2) is 41.4 Å². The standard InChI is InChI=1S/C12H14N4O3S/c13-7-2-5-20-8(7)9(17)16-4-1-3-12(6-16)10(18)14-11(19)15-12/h2,5H,1,3-4,6,13H2,(H2,14,15,18,19). The van der Waals surface area contributed by atoms with Crippen molar-refractivity contribution in [3.05, 3.63) is 16.3 Å². The van der Waals surface area contributed by atoms with Crippen LogP contribution in [0.1, 0.15) is 22.5 Å². The first-order valence-corrected chi connectivity index (χ1v) is 7.16. The molecule has 1 spiro atoms. The maximum absolute atomic E-state index is 12.4. The summed E-state index contributed by atoms with van der Waals surface area (Å²) in [5.74, 6) is -0.551. The van der Waals surface area contributed by atoms with Crippen molar-refractivity contribution in [3.8, 4) is 0 Å². The van der Waals surface area contributed by atoms with Crippen molar-refractivity contribution in [2.45, 2.75) is 18.4 Å². The van der Waals surface area contributed by atoms with E-state index in [0.29, 0.717) is 30.0 Å². The molecule has 0 radical (unpaired) electrons. The van der Waals surface area contributed by atoms with Gasteiger partial charge in [0.05, 0.1) is 12.2 Å². The van der Waals surface area contributed by atoms with Crippen LogP contribution in [0.2, 0.25) is 0 Å². The van der Waals surface area contributed by atoms with Crippen molar-refractivity contribution in [3.63, 3.8) is 0 Å². The highest BCUT2D eigenvalue weighted by Crippen LogP contribution is 2.28. The van der Waals surface area contributed by atoms with Crippen LogP contribution in [0, 0.1) is 0 Å². The molecule has 1 unspecified atom stereocenters. The highest BCUT2D eigenvalue weighted by molar-refractivity contribution is 7.12. The van der Waals surface area contributed by atoms with Crippen LogP contribution in [0.15, 0.2) is 11.4 Å². The third kappa shape index (κ3) is 1.92. The minimum absolute atomic E-state index is 0.181. The summed E-state index contributed by atoms with van der Waals surface area (Å²) < 4.78 is 0. The van der Waals surface area contributed by atoms with Gasteiger partial charge in [0, 0.05) is 6.54 Å². The Hall–Kier alpha value is -2.09. The van der Waals surface area contributed by atoms with Crippen molar-refractivity contribution in [1.29, 1.82) is 0 Å². The smallest absolute Gasteiger partial charge is 0.322 e. The van der Waals surface area contributed by atoms with E-state index >= 15 is 0 Å². The van der Waals surface area contributed by atoms with Gasteiger partial charge in [0.2, 0.25) is 0 Å². The maximum atomic E-state index is 12.4. The molecule has 1 atom stereocenters. The van der Waals surface area contributed by atoms with Crippen molar-refractivity contribution >= 4 is 34.9 Å². The zero-order valence-corrected chi connectivity index (χ0v) is 11.5. The second-order valence-corrected chi connectivity index (χ2v) is 5.94. The number of hydrogen-bond acceptors (Lipinski definition) is 5.